The Kier molecular flexibility index (Phi) is 6.69. The lowest BCUT2D eigenvalue weighted by Gasteiger charge is -2.34. The number of halogens is 3. The van der Waals surface area contributed by atoms with Crippen LogP contribution in [0, 0.1) is 12.7 Å². The van der Waals surface area contributed by atoms with E-state index >= 15 is 4.39 Å². The number of rotatable bonds is 6. The van der Waals surface area contributed by atoms with Gasteiger partial charge in [0.25, 0.3) is 0 Å². The van der Waals surface area contributed by atoms with Gasteiger partial charge in [0.15, 0.2) is 0 Å². The average Bonchev–Trinajstić information content (AvgIpc) is 3.33. The molecule has 3 N–H and O–H groups in total. The maximum atomic E-state index is 15.5. The molecule has 2 aliphatic rings. The van der Waals surface area contributed by atoms with Crippen LogP contribution in [0.4, 0.5) is 19.0 Å². The molecule has 2 heterocycles. The number of fused-ring (bicyclic) bond motifs is 3. The second-order valence-electron chi connectivity index (χ2n) is 11.1. The first-order valence-corrected chi connectivity index (χ1v) is 13.1. The minimum absolute atomic E-state index is 0.0280. The van der Waals surface area contributed by atoms with E-state index in [0.29, 0.717) is 43.1 Å². The van der Waals surface area contributed by atoms with Gasteiger partial charge in [0, 0.05) is 37.0 Å². The van der Waals surface area contributed by atoms with Crippen molar-refractivity contribution in [2.24, 2.45) is 0 Å². The SMILES string of the molecule is Cc1nc(N[C@H](C)c2cccc(C(F)(F)C(C)(C)O)c2F)c2cc(C3(O)CCOCC3)c3c(c2n1)CCC3. The summed E-state index contributed by atoms with van der Waals surface area (Å²) in [5.41, 5.74) is -0.406. The van der Waals surface area contributed by atoms with E-state index in [4.69, 9.17) is 9.72 Å². The van der Waals surface area contributed by atoms with Crippen LogP contribution in [-0.4, -0.2) is 39.0 Å². The zero-order valence-corrected chi connectivity index (χ0v) is 22.2. The predicted octanol–water partition coefficient (Wildman–Crippen LogP) is 5.60. The number of benzene rings is 2. The molecule has 1 saturated heterocycles. The molecular formula is C29H34F3N3O3. The summed E-state index contributed by atoms with van der Waals surface area (Å²) in [6.45, 7) is 6.31. The fourth-order valence-electron chi connectivity index (χ4n) is 5.72. The average molecular weight is 530 g/mol. The standard InChI is InChI=1S/C29H34F3N3O3/c1-16(18-7-6-10-22(24(18)30)29(31,32)27(3,4)36)33-26-21-15-23(28(37)11-13-38-14-12-28)19-8-5-9-20(19)25(21)34-17(2)35-26/h6-7,10,15-16,36-37H,5,8-9,11-14H2,1-4H3,(H,33,34,35)/t16-/m1/s1. The topological polar surface area (TPSA) is 87.5 Å². The summed E-state index contributed by atoms with van der Waals surface area (Å²) in [6.07, 6.45) is 3.64. The first-order chi connectivity index (χ1) is 17.8. The van der Waals surface area contributed by atoms with E-state index in [1.165, 1.54) is 12.1 Å². The maximum Gasteiger partial charge on any atom is 0.303 e. The van der Waals surface area contributed by atoms with Crippen LogP contribution in [0.5, 0.6) is 0 Å². The number of ether oxygens (including phenoxy) is 1. The van der Waals surface area contributed by atoms with Gasteiger partial charge < -0.3 is 20.3 Å². The molecule has 0 bridgehead atoms. The van der Waals surface area contributed by atoms with Crippen molar-refractivity contribution in [3.05, 3.63) is 63.7 Å². The number of hydrogen-bond acceptors (Lipinski definition) is 6. The fourth-order valence-corrected chi connectivity index (χ4v) is 5.72. The molecule has 0 amide bonds. The van der Waals surface area contributed by atoms with E-state index in [9.17, 15) is 19.0 Å². The molecule has 1 aliphatic heterocycles. The number of nitrogens with one attached hydrogen (secondary N) is 1. The van der Waals surface area contributed by atoms with Gasteiger partial charge in [-0.15, -0.1) is 0 Å². The molecule has 38 heavy (non-hydrogen) atoms. The summed E-state index contributed by atoms with van der Waals surface area (Å²) in [5.74, 6) is -3.89. The molecule has 0 spiro atoms. The fraction of sp³-hybridized carbons (Fsp3) is 0.517. The molecule has 0 radical (unpaired) electrons. The Hall–Kier alpha value is -2.75. The van der Waals surface area contributed by atoms with Crippen LogP contribution in [0.3, 0.4) is 0 Å². The Morgan fingerprint density at radius 3 is 2.47 bits per heavy atom. The molecule has 9 heteroatoms. The van der Waals surface area contributed by atoms with E-state index in [-0.39, 0.29) is 5.56 Å². The van der Waals surface area contributed by atoms with Gasteiger partial charge in [-0.1, -0.05) is 12.1 Å². The van der Waals surface area contributed by atoms with Crippen LogP contribution in [0.15, 0.2) is 24.3 Å². The van der Waals surface area contributed by atoms with Crippen LogP contribution in [0.1, 0.15) is 79.7 Å². The van der Waals surface area contributed by atoms with E-state index in [1.807, 2.05) is 6.07 Å². The molecule has 1 fully saturated rings. The summed E-state index contributed by atoms with van der Waals surface area (Å²) >= 11 is 0. The summed E-state index contributed by atoms with van der Waals surface area (Å²) in [5, 5.41) is 25.5. The zero-order chi connectivity index (χ0) is 27.5. The third kappa shape index (κ3) is 4.44. The zero-order valence-electron chi connectivity index (χ0n) is 22.2. The first-order valence-electron chi connectivity index (χ1n) is 13.1. The van der Waals surface area contributed by atoms with Crippen molar-refractivity contribution < 1.29 is 28.1 Å². The Morgan fingerprint density at radius 1 is 1.11 bits per heavy atom. The molecule has 0 saturated carbocycles. The molecule has 1 aromatic heterocycles. The highest BCUT2D eigenvalue weighted by molar-refractivity contribution is 5.93. The molecule has 204 valence electrons. The van der Waals surface area contributed by atoms with Gasteiger partial charge in [-0.05, 0) is 75.8 Å². The van der Waals surface area contributed by atoms with Crippen LogP contribution in [0.25, 0.3) is 10.9 Å². The normalized spacial score (nSPS) is 18.4. The van der Waals surface area contributed by atoms with Crippen molar-refractivity contribution in [1.82, 2.24) is 9.97 Å². The maximum absolute atomic E-state index is 15.5. The van der Waals surface area contributed by atoms with Gasteiger partial charge >= 0.3 is 5.92 Å². The number of anilines is 1. The molecule has 6 nitrogen and oxygen atoms in total. The highest BCUT2D eigenvalue weighted by atomic mass is 19.3. The number of aryl methyl sites for hydroxylation is 2. The van der Waals surface area contributed by atoms with Crippen molar-refractivity contribution >= 4 is 16.7 Å². The second kappa shape index (κ2) is 9.47. The first kappa shape index (κ1) is 26.8. The number of nitrogens with zero attached hydrogens (tertiary/aromatic N) is 2. The third-order valence-corrected chi connectivity index (χ3v) is 7.95. The van der Waals surface area contributed by atoms with Crippen LogP contribution in [-0.2, 0) is 29.1 Å². The van der Waals surface area contributed by atoms with E-state index in [1.54, 1.807) is 13.8 Å². The van der Waals surface area contributed by atoms with E-state index in [0.717, 1.165) is 61.4 Å². The Bertz CT molecular complexity index is 1380. The lowest BCUT2D eigenvalue weighted by molar-refractivity contribution is -0.170. The van der Waals surface area contributed by atoms with E-state index < -0.39 is 34.5 Å². The molecule has 1 aliphatic carbocycles. The monoisotopic (exact) mass is 529 g/mol. The number of alkyl halides is 2. The Balaban J connectivity index is 1.60. The third-order valence-electron chi connectivity index (χ3n) is 7.95. The van der Waals surface area contributed by atoms with Crippen LogP contribution < -0.4 is 5.32 Å². The molecule has 5 rings (SSSR count). The highest BCUT2D eigenvalue weighted by Crippen LogP contribution is 2.44. The Labute approximate surface area is 220 Å². The van der Waals surface area contributed by atoms with Gasteiger partial charge in [-0.2, -0.15) is 8.78 Å². The highest BCUT2D eigenvalue weighted by Gasteiger charge is 2.49. The molecule has 3 aromatic rings. The largest absolute Gasteiger partial charge is 0.385 e. The number of aliphatic hydroxyl groups is 2. The minimum Gasteiger partial charge on any atom is -0.385 e. The summed E-state index contributed by atoms with van der Waals surface area (Å²) < 4.78 is 50.7. The van der Waals surface area contributed by atoms with Crippen molar-refractivity contribution in [2.45, 2.75) is 83.0 Å². The number of hydrogen-bond donors (Lipinski definition) is 3. The van der Waals surface area contributed by atoms with Gasteiger partial charge in [-0.3, -0.25) is 0 Å². The smallest absolute Gasteiger partial charge is 0.303 e. The lowest BCUT2D eigenvalue weighted by Crippen LogP contribution is -2.41. The lowest BCUT2D eigenvalue weighted by atomic mass is 9.81. The van der Waals surface area contributed by atoms with Crippen LogP contribution >= 0.6 is 0 Å². The van der Waals surface area contributed by atoms with Crippen molar-refractivity contribution in [2.75, 3.05) is 18.5 Å². The molecule has 0 unspecified atom stereocenters. The van der Waals surface area contributed by atoms with Gasteiger partial charge in [0.2, 0.25) is 0 Å². The second-order valence-corrected chi connectivity index (χ2v) is 11.1. The van der Waals surface area contributed by atoms with Crippen LogP contribution in [0.2, 0.25) is 0 Å². The molecule has 1 atom stereocenters. The minimum atomic E-state index is -3.79. The predicted molar refractivity (Wildman–Crippen MR) is 139 cm³/mol. The van der Waals surface area contributed by atoms with Crippen molar-refractivity contribution in [1.29, 1.82) is 0 Å². The number of aromatic nitrogens is 2. The quantitative estimate of drug-likeness (QED) is 0.385. The van der Waals surface area contributed by atoms with Gasteiger partial charge in [0.05, 0.1) is 22.7 Å². The van der Waals surface area contributed by atoms with Gasteiger partial charge in [0.1, 0.15) is 23.1 Å². The Morgan fingerprint density at radius 2 is 1.79 bits per heavy atom. The molecule has 2 aromatic carbocycles. The van der Waals surface area contributed by atoms with Gasteiger partial charge in [-0.25, -0.2) is 14.4 Å². The summed E-state index contributed by atoms with van der Waals surface area (Å²) in [7, 11) is 0. The van der Waals surface area contributed by atoms with Crippen molar-refractivity contribution in [3.8, 4) is 0 Å². The molecular weight excluding hydrogens is 495 g/mol. The van der Waals surface area contributed by atoms with Crippen molar-refractivity contribution in [3.63, 3.8) is 0 Å². The summed E-state index contributed by atoms with van der Waals surface area (Å²) in [4.78, 5) is 9.33. The summed E-state index contributed by atoms with van der Waals surface area (Å²) in [6, 6.07) is 5.02. The van der Waals surface area contributed by atoms with E-state index in [2.05, 4.69) is 10.3 Å².